The number of benzene rings is 1. The summed E-state index contributed by atoms with van der Waals surface area (Å²) in [5.74, 6) is -1.08. The molecule has 1 aromatic heterocycles. The van der Waals surface area contributed by atoms with Crippen molar-refractivity contribution >= 4 is 15.9 Å². The fraction of sp³-hybridized carbons (Fsp3) is 0.286. The zero-order valence-corrected chi connectivity index (χ0v) is 12.5. The van der Waals surface area contributed by atoms with Gasteiger partial charge in [0.05, 0.1) is 12.4 Å². The molecule has 116 valence electrons. The number of para-hydroxylation sites is 1. The Morgan fingerprint density at radius 2 is 2.09 bits per heavy atom. The topological polar surface area (TPSA) is 81.1 Å². The Hall–Kier alpha value is -2.22. The summed E-state index contributed by atoms with van der Waals surface area (Å²) in [4.78, 5) is 11.6. The van der Waals surface area contributed by atoms with Crippen LogP contribution in [0.4, 0.5) is 4.39 Å². The van der Waals surface area contributed by atoms with Crippen LogP contribution in [0.2, 0.25) is 0 Å². The molecule has 0 spiro atoms. The van der Waals surface area contributed by atoms with Gasteiger partial charge >= 0.3 is 0 Å². The minimum atomic E-state index is -3.99. The summed E-state index contributed by atoms with van der Waals surface area (Å²) in [6, 6.07) is 5.87. The number of carbonyl (C=O) groups excluding carboxylic acids is 1. The molecule has 0 radical (unpaired) electrons. The van der Waals surface area contributed by atoms with E-state index >= 15 is 0 Å². The number of hydrogen-bond acceptors (Lipinski definition) is 4. The number of nitrogens with one attached hydrogen (secondary N) is 1. The summed E-state index contributed by atoms with van der Waals surface area (Å²) in [5.41, 5.74) is 0.131. The van der Waals surface area contributed by atoms with Gasteiger partial charge in [-0.3, -0.25) is 4.79 Å². The van der Waals surface area contributed by atoms with Crippen LogP contribution in [-0.2, 0) is 14.8 Å². The third-order valence-corrected chi connectivity index (χ3v) is 4.95. The molecule has 1 aliphatic carbocycles. The number of aromatic nitrogens is 2. The first-order valence-corrected chi connectivity index (χ1v) is 8.23. The summed E-state index contributed by atoms with van der Waals surface area (Å²) in [5, 5.41) is 3.84. The van der Waals surface area contributed by atoms with E-state index in [0.717, 1.165) is 10.9 Å². The maximum atomic E-state index is 13.7. The molecule has 0 aliphatic heterocycles. The molecule has 0 bridgehead atoms. The quantitative estimate of drug-likeness (QED) is 0.924. The lowest BCUT2D eigenvalue weighted by Gasteiger charge is -2.04. The van der Waals surface area contributed by atoms with E-state index in [4.69, 9.17) is 0 Å². The Balaban J connectivity index is 1.84. The van der Waals surface area contributed by atoms with E-state index < -0.39 is 21.7 Å². The molecule has 2 aromatic rings. The van der Waals surface area contributed by atoms with Gasteiger partial charge in [0.2, 0.25) is 5.91 Å². The molecular formula is C14H14FN3O3S. The number of carbonyl (C=O) groups is 1. The molecule has 1 amide bonds. The van der Waals surface area contributed by atoms with E-state index in [9.17, 15) is 17.6 Å². The fourth-order valence-electron chi connectivity index (χ4n) is 2.17. The predicted molar refractivity (Wildman–Crippen MR) is 76.1 cm³/mol. The Morgan fingerprint density at radius 1 is 1.41 bits per heavy atom. The Kier molecular flexibility index (Phi) is 3.48. The highest BCUT2D eigenvalue weighted by molar-refractivity contribution is 7.90. The summed E-state index contributed by atoms with van der Waals surface area (Å²) in [6.45, 7) is 1.88. The van der Waals surface area contributed by atoms with Crippen molar-refractivity contribution in [3.05, 3.63) is 42.5 Å². The van der Waals surface area contributed by atoms with E-state index in [-0.39, 0.29) is 22.4 Å². The molecule has 1 fully saturated rings. The highest BCUT2D eigenvalue weighted by Gasteiger charge is 2.40. The molecule has 1 N–H and O–H groups in total. The van der Waals surface area contributed by atoms with Gasteiger partial charge in [-0.15, -0.1) is 0 Å². The first kappa shape index (κ1) is 14.7. The zero-order valence-electron chi connectivity index (χ0n) is 11.7. The fourth-order valence-corrected chi connectivity index (χ4v) is 3.13. The molecule has 1 aromatic carbocycles. The number of rotatable bonds is 4. The highest BCUT2D eigenvalue weighted by Crippen LogP contribution is 2.37. The number of hydrogen-bond donors (Lipinski definition) is 1. The van der Waals surface area contributed by atoms with E-state index in [1.807, 2.05) is 11.6 Å². The standard InChI is InChI=1S/C14H14FN3O3S/c1-9-6-11(9)14(19)17-22(20,21)10-7-16-18(8-10)13-5-3-2-4-12(13)15/h2-5,7-9,11H,6H2,1H3,(H,17,19). The third-order valence-electron chi connectivity index (χ3n) is 3.65. The van der Waals surface area contributed by atoms with Gasteiger partial charge in [-0.25, -0.2) is 22.2 Å². The number of nitrogens with zero attached hydrogens (tertiary/aromatic N) is 2. The van der Waals surface area contributed by atoms with Crippen molar-refractivity contribution < 1.29 is 17.6 Å². The average Bonchev–Trinajstić information content (AvgIpc) is 3.00. The van der Waals surface area contributed by atoms with Crippen LogP contribution in [-0.4, -0.2) is 24.1 Å². The normalized spacial score (nSPS) is 20.6. The van der Waals surface area contributed by atoms with Gasteiger partial charge in [0.25, 0.3) is 10.0 Å². The van der Waals surface area contributed by atoms with Gasteiger partial charge in [0.15, 0.2) is 0 Å². The summed E-state index contributed by atoms with van der Waals surface area (Å²) in [6.07, 6.45) is 2.94. The molecule has 1 aliphatic rings. The van der Waals surface area contributed by atoms with Crippen LogP contribution in [0, 0.1) is 17.7 Å². The van der Waals surface area contributed by atoms with Crippen molar-refractivity contribution in [1.82, 2.24) is 14.5 Å². The SMILES string of the molecule is CC1CC1C(=O)NS(=O)(=O)c1cnn(-c2ccccc2F)c1. The van der Waals surface area contributed by atoms with Crippen molar-refractivity contribution in [3.63, 3.8) is 0 Å². The van der Waals surface area contributed by atoms with Gasteiger partial charge < -0.3 is 0 Å². The first-order chi connectivity index (χ1) is 10.4. The molecule has 6 nitrogen and oxygen atoms in total. The smallest absolute Gasteiger partial charge is 0.267 e. The summed E-state index contributed by atoms with van der Waals surface area (Å²) >= 11 is 0. The Morgan fingerprint density at radius 3 is 2.73 bits per heavy atom. The van der Waals surface area contributed by atoms with E-state index in [1.165, 1.54) is 24.4 Å². The maximum Gasteiger partial charge on any atom is 0.267 e. The van der Waals surface area contributed by atoms with Crippen molar-refractivity contribution in [1.29, 1.82) is 0 Å². The lowest BCUT2D eigenvalue weighted by Crippen LogP contribution is -2.31. The Bertz CT molecular complexity index is 831. The van der Waals surface area contributed by atoms with Crippen LogP contribution in [0.15, 0.2) is 41.6 Å². The van der Waals surface area contributed by atoms with Crippen molar-refractivity contribution in [2.45, 2.75) is 18.2 Å². The second-order valence-corrected chi connectivity index (χ2v) is 7.04. The van der Waals surface area contributed by atoms with Gasteiger partial charge in [0.1, 0.15) is 16.4 Å². The predicted octanol–water partition coefficient (Wildman–Crippen LogP) is 1.47. The van der Waals surface area contributed by atoms with E-state index in [1.54, 1.807) is 6.07 Å². The van der Waals surface area contributed by atoms with Crippen LogP contribution < -0.4 is 4.72 Å². The number of halogens is 1. The minimum absolute atomic E-state index is 0.131. The lowest BCUT2D eigenvalue weighted by molar-refractivity contribution is -0.120. The lowest BCUT2D eigenvalue weighted by atomic mass is 10.3. The largest absolute Gasteiger partial charge is 0.274 e. The molecule has 3 rings (SSSR count). The highest BCUT2D eigenvalue weighted by atomic mass is 32.2. The maximum absolute atomic E-state index is 13.7. The van der Waals surface area contributed by atoms with E-state index in [2.05, 4.69) is 5.10 Å². The number of amides is 1. The molecule has 1 heterocycles. The van der Waals surface area contributed by atoms with Gasteiger partial charge in [-0.2, -0.15) is 5.10 Å². The van der Waals surface area contributed by atoms with Gasteiger partial charge in [0, 0.05) is 5.92 Å². The molecule has 8 heteroatoms. The summed E-state index contributed by atoms with van der Waals surface area (Å²) < 4.78 is 41.1. The van der Waals surface area contributed by atoms with Crippen molar-refractivity contribution in [2.75, 3.05) is 0 Å². The van der Waals surface area contributed by atoms with Gasteiger partial charge in [-0.1, -0.05) is 19.1 Å². The monoisotopic (exact) mass is 323 g/mol. The molecule has 0 saturated heterocycles. The molecule has 2 atom stereocenters. The van der Waals surface area contributed by atoms with Crippen LogP contribution in [0.1, 0.15) is 13.3 Å². The van der Waals surface area contributed by atoms with Crippen LogP contribution in [0.25, 0.3) is 5.69 Å². The second kappa shape index (κ2) is 5.20. The minimum Gasteiger partial charge on any atom is -0.274 e. The molecule has 22 heavy (non-hydrogen) atoms. The van der Waals surface area contributed by atoms with Crippen LogP contribution in [0.3, 0.4) is 0 Å². The van der Waals surface area contributed by atoms with Gasteiger partial charge in [-0.05, 0) is 24.5 Å². The Labute approximate surface area is 127 Å². The van der Waals surface area contributed by atoms with Crippen LogP contribution in [0.5, 0.6) is 0 Å². The van der Waals surface area contributed by atoms with Crippen molar-refractivity contribution in [3.8, 4) is 5.69 Å². The molecular weight excluding hydrogens is 309 g/mol. The summed E-state index contributed by atoms with van der Waals surface area (Å²) in [7, 11) is -3.99. The van der Waals surface area contributed by atoms with Crippen molar-refractivity contribution in [2.24, 2.45) is 11.8 Å². The second-order valence-electron chi connectivity index (χ2n) is 5.36. The first-order valence-electron chi connectivity index (χ1n) is 6.75. The van der Waals surface area contributed by atoms with Crippen LogP contribution >= 0.6 is 0 Å². The molecule has 2 unspecified atom stereocenters. The zero-order chi connectivity index (χ0) is 15.9. The number of sulfonamides is 1. The molecule has 1 saturated carbocycles. The van der Waals surface area contributed by atoms with E-state index in [0.29, 0.717) is 6.42 Å². The third kappa shape index (κ3) is 2.74. The average molecular weight is 323 g/mol.